The van der Waals surface area contributed by atoms with E-state index in [0.29, 0.717) is 5.92 Å². The molecule has 0 aliphatic rings. The predicted octanol–water partition coefficient (Wildman–Crippen LogP) is 4.72. The van der Waals surface area contributed by atoms with E-state index < -0.39 is 0 Å². The van der Waals surface area contributed by atoms with Crippen LogP contribution in [0.1, 0.15) is 25.3 Å². The molecule has 3 rings (SSSR count). The second-order valence-electron chi connectivity index (χ2n) is 4.88. The van der Waals surface area contributed by atoms with Crippen molar-refractivity contribution in [2.24, 2.45) is 0 Å². The highest BCUT2D eigenvalue weighted by Crippen LogP contribution is 2.30. The normalized spacial score (nSPS) is 10.6. The van der Waals surface area contributed by atoms with Gasteiger partial charge in [-0.05, 0) is 33.0 Å². The van der Waals surface area contributed by atoms with Crippen LogP contribution in [0.2, 0.25) is 0 Å². The van der Waals surface area contributed by atoms with Gasteiger partial charge in [0.25, 0.3) is 0 Å². The van der Waals surface area contributed by atoms with Gasteiger partial charge in [-0.3, -0.25) is 0 Å². The number of hydrogen-bond acceptors (Lipinski definition) is 1. The molecular formula is C18H20O. The zero-order chi connectivity index (χ0) is 13.8. The quantitative estimate of drug-likeness (QED) is 0.621. The van der Waals surface area contributed by atoms with Gasteiger partial charge in [-0.15, -0.1) is 0 Å². The number of benzene rings is 3. The topological polar surface area (TPSA) is 20.2 Å². The molecule has 0 aromatic heterocycles. The lowest BCUT2D eigenvalue weighted by molar-refractivity contribution is 0.399. The molecule has 1 N–H and O–H groups in total. The molecule has 0 bridgehead atoms. The molecule has 0 heterocycles. The lowest BCUT2D eigenvalue weighted by Crippen LogP contribution is -1.89. The van der Waals surface area contributed by atoms with Crippen LogP contribution < -0.4 is 0 Å². The van der Waals surface area contributed by atoms with Crippen molar-refractivity contribution in [3.05, 3.63) is 60.2 Å². The minimum atomic E-state index is 0.569. The van der Waals surface area contributed by atoms with E-state index in [-0.39, 0.29) is 0 Å². The van der Waals surface area contributed by atoms with Crippen LogP contribution in [-0.2, 0) is 0 Å². The van der Waals surface area contributed by atoms with Gasteiger partial charge < -0.3 is 5.11 Å². The monoisotopic (exact) mass is 252 g/mol. The van der Waals surface area contributed by atoms with Crippen LogP contribution in [0.5, 0.6) is 0 Å². The van der Waals surface area contributed by atoms with Crippen molar-refractivity contribution in [2.75, 3.05) is 7.11 Å². The maximum atomic E-state index is 7.00. The van der Waals surface area contributed by atoms with Crippen molar-refractivity contribution >= 4 is 21.5 Å². The molecule has 0 spiro atoms. The van der Waals surface area contributed by atoms with Crippen LogP contribution in [0.3, 0.4) is 0 Å². The lowest BCUT2D eigenvalue weighted by Gasteiger charge is -2.11. The summed E-state index contributed by atoms with van der Waals surface area (Å²) in [5, 5.41) is 12.4. The highest BCUT2D eigenvalue weighted by molar-refractivity contribution is 6.08. The highest BCUT2D eigenvalue weighted by Gasteiger charge is 2.06. The average molecular weight is 252 g/mol. The molecule has 3 aromatic rings. The Morgan fingerprint density at radius 2 is 1.37 bits per heavy atom. The maximum absolute atomic E-state index is 7.00. The minimum Gasteiger partial charge on any atom is -0.400 e. The molecule has 19 heavy (non-hydrogen) atoms. The van der Waals surface area contributed by atoms with E-state index in [2.05, 4.69) is 68.4 Å². The Labute approximate surface area is 114 Å². The van der Waals surface area contributed by atoms with Crippen LogP contribution in [0.4, 0.5) is 0 Å². The maximum Gasteiger partial charge on any atom is 0.0319 e. The Bertz CT molecular complexity index is 683. The van der Waals surface area contributed by atoms with E-state index in [1.807, 2.05) is 0 Å². The summed E-state index contributed by atoms with van der Waals surface area (Å²) < 4.78 is 0. The van der Waals surface area contributed by atoms with Gasteiger partial charge in [0.15, 0.2) is 0 Å². The van der Waals surface area contributed by atoms with Crippen LogP contribution in [0, 0.1) is 0 Å². The first-order chi connectivity index (χ1) is 9.27. The summed E-state index contributed by atoms with van der Waals surface area (Å²) in [4.78, 5) is 0. The highest BCUT2D eigenvalue weighted by atomic mass is 16.2. The molecule has 0 saturated carbocycles. The third-order valence-electron chi connectivity index (χ3n) is 3.44. The zero-order valence-corrected chi connectivity index (χ0v) is 11.7. The number of aliphatic hydroxyl groups is 1. The molecule has 0 radical (unpaired) electrons. The van der Waals surface area contributed by atoms with E-state index in [1.165, 1.54) is 27.1 Å². The SMILES string of the molecule is CC(C)c1cccc2c1ccc1ccccc12.CO. The Morgan fingerprint density at radius 3 is 2.11 bits per heavy atom. The minimum absolute atomic E-state index is 0.569. The average Bonchev–Trinajstić information content (AvgIpc) is 2.48. The van der Waals surface area contributed by atoms with Gasteiger partial charge in [0.05, 0.1) is 0 Å². The van der Waals surface area contributed by atoms with E-state index in [4.69, 9.17) is 5.11 Å². The van der Waals surface area contributed by atoms with Crippen LogP contribution >= 0.6 is 0 Å². The smallest absolute Gasteiger partial charge is 0.0319 e. The fraction of sp³-hybridized carbons (Fsp3) is 0.222. The molecule has 0 atom stereocenters. The predicted molar refractivity (Wildman–Crippen MR) is 83.7 cm³/mol. The first-order valence-corrected chi connectivity index (χ1v) is 6.62. The Balaban J connectivity index is 0.000000637. The third-order valence-corrected chi connectivity index (χ3v) is 3.44. The summed E-state index contributed by atoms with van der Waals surface area (Å²) in [6, 6.07) is 19.7. The molecular weight excluding hydrogens is 232 g/mol. The van der Waals surface area contributed by atoms with Gasteiger partial charge in [0, 0.05) is 7.11 Å². The Morgan fingerprint density at radius 1 is 0.684 bits per heavy atom. The van der Waals surface area contributed by atoms with Gasteiger partial charge in [-0.2, -0.15) is 0 Å². The first kappa shape index (κ1) is 13.6. The first-order valence-electron chi connectivity index (χ1n) is 6.62. The van der Waals surface area contributed by atoms with E-state index in [9.17, 15) is 0 Å². The summed E-state index contributed by atoms with van der Waals surface area (Å²) in [5.41, 5.74) is 1.44. The largest absolute Gasteiger partial charge is 0.400 e. The lowest BCUT2D eigenvalue weighted by atomic mass is 9.93. The number of fused-ring (bicyclic) bond motifs is 3. The van der Waals surface area contributed by atoms with E-state index >= 15 is 0 Å². The molecule has 0 aliphatic carbocycles. The number of rotatable bonds is 1. The molecule has 98 valence electrons. The number of hydrogen-bond donors (Lipinski definition) is 1. The number of aliphatic hydroxyl groups excluding tert-OH is 1. The van der Waals surface area contributed by atoms with Gasteiger partial charge >= 0.3 is 0 Å². The molecule has 3 aromatic carbocycles. The summed E-state index contributed by atoms with van der Waals surface area (Å²) in [7, 11) is 1.00. The molecule has 0 aliphatic heterocycles. The molecule has 0 fully saturated rings. The summed E-state index contributed by atoms with van der Waals surface area (Å²) in [5.74, 6) is 0.569. The van der Waals surface area contributed by atoms with E-state index in [0.717, 1.165) is 7.11 Å². The molecule has 0 unspecified atom stereocenters. The summed E-state index contributed by atoms with van der Waals surface area (Å²) >= 11 is 0. The van der Waals surface area contributed by atoms with Gasteiger partial charge in [0.1, 0.15) is 0 Å². The summed E-state index contributed by atoms with van der Waals surface area (Å²) in [6.45, 7) is 4.51. The van der Waals surface area contributed by atoms with Crippen molar-refractivity contribution in [1.29, 1.82) is 0 Å². The fourth-order valence-corrected chi connectivity index (χ4v) is 2.57. The summed E-state index contributed by atoms with van der Waals surface area (Å²) in [6.07, 6.45) is 0. The van der Waals surface area contributed by atoms with Gasteiger partial charge in [0.2, 0.25) is 0 Å². The van der Waals surface area contributed by atoms with Gasteiger partial charge in [-0.1, -0.05) is 68.4 Å². The van der Waals surface area contributed by atoms with Crippen LogP contribution in [0.25, 0.3) is 21.5 Å². The van der Waals surface area contributed by atoms with Crippen LogP contribution in [-0.4, -0.2) is 12.2 Å². The zero-order valence-electron chi connectivity index (χ0n) is 11.7. The molecule has 1 heteroatoms. The molecule has 0 amide bonds. The second-order valence-corrected chi connectivity index (χ2v) is 4.88. The van der Waals surface area contributed by atoms with Crippen molar-refractivity contribution in [1.82, 2.24) is 0 Å². The Kier molecular flexibility index (Phi) is 4.18. The van der Waals surface area contributed by atoms with Gasteiger partial charge in [-0.25, -0.2) is 0 Å². The van der Waals surface area contributed by atoms with Crippen molar-refractivity contribution in [2.45, 2.75) is 19.8 Å². The fourth-order valence-electron chi connectivity index (χ4n) is 2.57. The third kappa shape index (κ3) is 2.47. The van der Waals surface area contributed by atoms with Crippen molar-refractivity contribution in [3.63, 3.8) is 0 Å². The Hall–Kier alpha value is -1.86. The van der Waals surface area contributed by atoms with E-state index in [1.54, 1.807) is 0 Å². The van der Waals surface area contributed by atoms with Crippen LogP contribution in [0.15, 0.2) is 54.6 Å². The van der Waals surface area contributed by atoms with Crippen molar-refractivity contribution in [3.8, 4) is 0 Å². The molecule has 0 saturated heterocycles. The standard InChI is InChI=1S/C17H16.CH4O/c1-12(2)14-8-5-9-16-15-7-4-3-6-13(15)10-11-17(14)16;1-2/h3-12H,1-2H3;2H,1H3. The second kappa shape index (κ2) is 5.85. The molecule has 1 nitrogen and oxygen atoms in total. The van der Waals surface area contributed by atoms with Crippen molar-refractivity contribution < 1.29 is 5.11 Å².